The normalized spacial score (nSPS) is 14.6. The Labute approximate surface area is 172 Å². The number of aromatic nitrogens is 1. The number of piperidine rings is 1. The molecule has 7 heteroatoms. The van der Waals surface area contributed by atoms with Gasteiger partial charge in [0.05, 0.1) is 22.2 Å². The number of benzene rings is 2. The summed E-state index contributed by atoms with van der Waals surface area (Å²) in [6.07, 6.45) is 5.55. The van der Waals surface area contributed by atoms with Gasteiger partial charge >= 0.3 is 0 Å². The molecule has 1 aliphatic rings. The Kier molecular flexibility index (Phi) is 6.24. The maximum atomic E-state index is 12.0. The highest BCUT2D eigenvalue weighted by atomic mass is 32.2. The van der Waals surface area contributed by atoms with Crippen molar-refractivity contribution in [2.24, 2.45) is 5.10 Å². The second-order valence-electron chi connectivity index (χ2n) is 6.67. The number of hydrogen-bond acceptors (Lipinski definition) is 6. The summed E-state index contributed by atoms with van der Waals surface area (Å²) < 4.78 is 2.03. The third kappa shape index (κ3) is 4.91. The maximum Gasteiger partial charge on any atom is 0.250 e. The van der Waals surface area contributed by atoms with Crippen molar-refractivity contribution in [3.8, 4) is 0 Å². The number of amides is 1. The minimum atomic E-state index is -0.134. The number of hydrogen-bond donors (Lipinski definition) is 1. The molecule has 1 N–H and O–H groups in total. The smallest absolute Gasteiger partial charge is 0.250 e. The van der Waals surface area contributed by atoms with Crippen molar-refractivity contribution >= 4 is 51.1 Å². The van der Waals surface area contributed by atoms with Crippen molar-refractivity contribution in [3.05, 3.63) is 54.1 Å². The van der Waals surface area contributed by atoms with Crippen molar-refractivity contribution < 1.29 is 4.79 Å². The van der Waals surface area contributed by atoms with Crippen molar-refractivity contribution in [3.63, 3.8) is 0 Å². The van der Waals surface area contributed by atoms with Gasteiger partial charge in [0.1, 0.15) is 0 Å². The average molecular weight is 411 g/mol. The molecule has 0 radical (unpaired) electrons. The summed E-state index contributed by atoms with van der Waals surface area (Å²) in [4.78, 5) is 18.9. The first-order chi connectivity index (χ1) is 13.8. The van der Waals surface area contributed by atoms with Gasteiger partial charge in [-0.15, -0.1) is 11.3 Å². The lowest BCUT2D eigenvalue weighted by molar-refractivity contribution is -0.118. The van der Waals surface area contributed by atoms with E-state index in [9.17, 15) is 4.79 Å². The van der Waals surface area contributed by atoms with Crippen molar-refractivity contribution in [2.45, 2.75) is 23.6 Å². The van der Waals surface area contributed by atoms with Crippen LogP contribution in [0.2, 0.25) is 0 Å². The van der Waals surface area contributed by atoms with Crippen LogP contribution in [0.15, 0.2) is 58.0 Å². The maximum absolute atomic E-state index is 12.0. The van der Waals surface area contributed by atoms with Crippen LogP contribution in [0.25, 0.3) is 10.2 Å². The van der Waals surface area contributed by atoms with E-state index in [4.69, 9.17) is 0 Å². The molecule has 0 atom stereocenters. The summed E-state index contributed by atoms with van der Waals surface area (Å²) in [7, 11) is 0. The highest BCUT2D eigenvalue weighted by Gasteiger charge is 2.10. The lowest BCUT2D eigenvalue weighted by atomic mass is 10.1. The molecule has 0 spiro atoms. The van der Waals surface area contributed by atoms with E-state index in [0.717, 1.165) is 33.2 Å². The lowest BCUT2D eigenvalue weighted by Gasteiger charge is -2.28. The number of carbonyl (C=O) groups is 1. The fourth-order valence-electron chi connectivity index (χ4n) is 3.17. The minimum Gasteiger partial charge on any atom is -0.372 e. The van der Waals surface area contributed by atoms with Crippen LogP contribution in [0, 0.1) is 0 Å². The Morgan fingerprint density at radius 2 is 1.93 bits per heavy atom. The quantitative estimate of drug-likeness (QED) is 0.369. The van der Waals surface area contributed by atoms with E-state index in [1.165, 1.54) is 36.7 Å². The third-order valence-electron chi connectivity index (χ3n) is 4.62. The molecule has 3 aromatic rings. The fourth-order valence-corrected chi connectivity index (χ4v) is 5.04. The molecule has 2 aromatic carbocycles. The molecule has 0 bridgehead atoms. The van der Waals surface area contributed by atoms with E-state index in [-0.39, 0.29) is 5.91 Å². The van der Waals surface area contributed by atoms with E-state index in [1.807, 2.05) is 36.4 Å². The number of thioether (sulfide) groups is 1. The van der Waals surface area contributed by atoms with Gasteiger partial charge in [0.2, 0.25) is 0 Å². The van der Waals surface area contributed by atoms with Crippen molar-refractivity contribution in [2.75, 3.05) is 23.7 Å². The summed E-state index contributed by atoms with van der Waals surface area (Å²) in [5.41, 5.74) is 5.79. The van der Waals surface area contributed by atoms with Crippen LogP contribution in [-0.2, 0) is 4.79 Å². The summed E-state index contributed by atoms with van der Waals surface area (Å²) >= 11 is 3.04. The summed E-state index contributed by atoms with van der Waals surface area (Å²) in [5.74, 6) is 0.163. The van der Waals surface area contributed by atoms with Gasteiger partial charge < -0.3 is 4.90 Å². The third-order valence-corrected chi connectivity index (χ3v) is 6.80. The van der Waals surface area contributed by atoms with Crippen LogP contribution in [0.4, 0.5) is 5.69 Å². The molecule has 1 saturated heterocycles. The molecule has 1 aliphatic heterocycles. The van der Waals surface area contributed by atoms with Crippen LogP contribution in [0.1, 0.15) is 24.8 Å². The number of nitrogens with one attached hydrogen (secondary N) is 1. The number of thiazole rings is 1. The molecule has 1 amide bonds. The van der Waals surface area contributed by atoms with E-state index in [0.29, 0.717) is 5.75 Å². The number of carbonyl (C=O) groups excluding carboxylic acids is 1. The number of fused-ring (bicyclic) bond motifs is 1. The molecule has 1 fully saturated rings. The summed E-state index contributed by atoms with van der Waals surface area (Å²) in [6, 6.07) is 16.3. The molecule has 28 heavy (non-hydrogen) atoms. The first-order valence-corrected chi connectivity index (χ1v) is 11.2. The molecule has 1 aromatic heterocycles. The molecule has 0 unspecified atom stereocenters. The largest absolute Gasteiger partial charge is 0.372 e. The van der Waals surface area contributed by atoms with Gasteiger partial charge in [-0.1, -0.05) is 36.0 Å². The highest BCUT2D eigenvalue weighted by Crippen LogP contribution is 2.29. The Hall–Kier alpha value is -2.38. The Morgan fingerprint density at radius 3 is 2.71 bits per heavy atom. The van der Waals surface area contributed by atoms with Gasteiger partial charge in [-0.2, -0.15) is 5.10 Å². The van der Waals surface area contributed by atoms with Crippen LogP contribution in [0.3, 0.4) is 0 Å². The first kappa shape index (κ1) is 19.0. The molecule has 0 aliphatic carbocycles. The van der Waals surface area contributed by atoms with Crippen LogP contribution in [-0.4, -0.2) is 35.9 Å². The second kappa shape index (κ2) is 9.21. The highest BCUT2D eigenvalue weighted by molar-refractivity contribution is 8.01. The zero-order valence-corrected chi connectivity index (χ0v) is 17.1. The topological polar surface area (TPSA) is 57.6 Å². The van der Waals surface area contributed by atoms with Gasteiger partial charge in [-0.05, 0) is 49.1 Å². The number of hydrazone groups is 1. The van der Waals surface area contributed by atoms with Gasteiger partial charge in [-0.3, -0.25) is 4.79 Å². The number of rotatable bonds is 6. The minimum absolute atomic E-state index is 0.134. The molecule has 0 saturated carbocycles. The van der Waals surface area contributed by atoms with Crippen LogP contribution < -0.4 is 10.3 Å². The van der Waals surface area contributed by atoms with E-state index >= 15 is 0 Å². The molecule has 4 rings (SSSR count). The van der Waals surface area contributed by atoms with Crippen molar-refractivity contribution in [1.29, 1.82) is 0 Å². The molecule has 5 nitrogen and oxygen atoms in total. The number of anilines is 1. The Morgan fingerprint density at radius 1 is 1.14 bits per heavy atom. The molecule has 144 valence electrons. The second-order valence-corrected chi connectivity index (χ2v) is 8.92. The van der Waals surface area contributed by atoms with E-state index in [1.54, 1.807) is 17.6 Å². The van der Waals surface area contributed by atoms with Crippen LogP contribution in [0.5, 0.6) is 0 Å². The monoisotopic (exact) mass is 410 g/mol. The number of para-hydroxylation sites is 1. The van der Waals surface area contributed by atoms with E-state index in [2.05, 4.69) is 32.5 Å². The first-order valence-electron chi connectivity index (χ1n) is 9.43. The zero-order valence-electron chi connectivity index (χ0n) is 15.5. The van der Waals surface area contributed by atoms with Gasteiger partial charge in [-0.25, -0.2) is 10.4 Å². The summed E-state index contributed by atoms with van der Waals surface area (Å²) in [5, 5.41) is 4.07. The fraction of sp³-hybridized carbons (Fsp3) is 0.286. The van der Waals surface area contributed by atoms with Gasteiger partial charge in [0.25, 0.3) is 5.91 Å². The predicted molar refractivity (Wildman–Crippen MR) is 119 cm³/mol. The van der Waals surface area contributed by atoms with Crippen molar-refractivity contribution in [1.82, 2.24) is 10.4 Å². The summed E-state index contributed by atoms with van der Waals surface area (Å²) in [6.45, 7) is 2.27. The van der Waals surface area contributed by atoms with E-state index < -0.39 is 0 Å². The predicted octanol–water partition coefficient (Wildman–Crippen LogP) is 4.53. The van der Waals surface area contributed by atoms with Gasteiger partial charge in [0, 0.05) is 18.8 Å². The zero-order chi connectivity index (χ0) is 19.2. The Balaban J connectivity index is 1.25. The lowest BCUT2D eigenvalue weighted by Crippen LogP contribution is -2.29. The Bertz CT molecular complexity index is 929. The van der Waals surface area contributed by atoms with Gasteiger partial charge in [0.15, 0.2) is 4.34 Å². The van der Waals surface area contributed by atoms with Crippen LogP contribution >= 0.6 is 23.1 Å². The molecular weight excluding hydrogens is 388 g/mol. The molecular formula is C21H22N4OS2. The SMILES string of the molecule is O=C(CSc1nc2ccccc2s1)N/N=C\c1ccc(N2CCCCC2)cc1. The average Bonchev–Trinajstić information content (AvgIpc) is 3.16. The molecule has 2 heterocycles. The number of nitrogens with zero attached hydrogens (tertiary/aromatic N) is 3. The standard InChI is InChI=1S/C21H22N4OS2/c26-20(15-27-21-23-18-6-2-3-7-19(18)28-21)24-22-14-16-8-10-17(11-9-16)25-12-4-1-5-13-25/h2-3,6-11,14H,1,4-5,12-13,15H2,(H,24,26)/b22-14-.